The number of nitrogens with one attached hydrogen (secondary N) is 2. The summed E-state index contributed by atoms with van der Waals surface area (Å²) in [7, 11) is -3.62. The normalized spacial score (nSPS) is 11.5. The number of amides is 1. The molecule has 0 aliphatic rings. The van der Waals surface area contributed by atoms with Crippen LogP contribution in [0.15, 0.2) is 59.5 Å². The standard InChI is InChI=1S/C23H28N4O3S/c1-4-5-14-24-31(29,30)21-13-9-12-20(15-21)25-23(28)22-17(2)26-27(18(22)3)16-19-10-7-6-8-11-19/h6-13,15,24H,4-5,14,16H2,1-3H3,(H,25,28). The first kappa shape index (κ1) is 22.7. The fraction of sp³-hybridized carbons (Fsp3) is 0.304. The molecule has 0 aliphatic carbocycles. The average molecular weight is 441 g/mol. The summed E-state index contributed by atoms with van der Waals surface area (Å²) in [5.41, 5.74) is 3.37. The van der Waals surface area contributed by atoms with Gasteiger partial charge in [0.05, 0.1) is 22.7 Å². The minimum absolute atomic E-state index is 0.120. The van der Waals surface area contributed by atoms with Crippen LogP contribution in [0.1, 0.15) is 47.1 Å². The van der Waals surface area contributed by atoms with E-state index in [9.17, 15) is 13.2 Å². The molecule has 164 valence electrons. The lowest BCUT2D eigenvalue weighted by atomic mass is 10.1. The number of aryl methyl sites for hydroxylation is 1. The molecule has 0 bridgehead atoms. The van der Waals surface area contributed by atoms with Crippen molar-refractivity contribution >= 4 is 21.6 Å². The third kappa shape index (κ3) is 5.59. The first-order valence-electron chi connectivity index (χ1n) is 10.3. The van der Waals surface area contributed by atoms with Gasteiger partial charge in [-0.2, -0.15) is 5.10 Å². The van der Waals surface area contributed by atoms with Gasteiger partial charge in [-0.25, -0.2) is 13.1 Å². The van der Waals surface area contributed by atoms with E-state index in [0.29, 0.717) is 30.0 Å². The van der Waals surface area contributed by atoms with Crippen LogP contribution < -0.4 is 10.0 Å². The Morgan fingerprint density at radius 2 is 1.81 bits per heavy atom. The number of aromatic nitrogens is 2. The highest BCUT2D eigenvalue weighted by atomic mass is 32.2. The summed E-state index contributed by atoms with van der Waals surface area (Å²) in [5.74, 6) is -0.317. The molecule has 3 rings (SSSR count). The van der Waals surface area contributed by atoms with Crippen molar-refractivity contribution in [2.45, 2.75) is 45.1 Å². The van der Waals surface area contributed by atoms with Gasteiger partial charge in [0.2, 0.25) is 10.0 Å². The van der Waals surface area contributed by atoms with Gasteiger partial charge >= 0.3 is 0 Å². The van der Waals surface area contributed by atoms with E-state index >= 15 is 0 Å². The summed E-state index contributed by atoms with van der Waals surface area (Å²) in [4.78, 5) is 13.1. The molecule has 7 nitrogen and oxygen atoms in total. The zero-order chi connectivity index (χ0) is 22.4. The number of anilines is 1. The maximum absolute atomic E-state index is 13.0. The van der Waals surface area contributed by atoms with Gasteiger partial charge in [-0.1, -0.05) is 49.7 Å². The van der Waals surface area contributed by atoms with Gasteiger partial charge in [0.15, 0.2) is 0 Å². The fourth-order valence-electron chi connectivity index (χ4n) is 3.34. The van der Waals surface area contributed by atoms with Crippen LogP contribution in [0.25, 0.3) is 0 Å². The molecule has 2 aromatic carbocycles. The lowest BCUT2D eigenvalue weighted by Gasteiger charge is -2.10. The number of unbranched alkanes of at least 4 members (excludes halogenated alkanes) is 1. The molecular weight excluding hydrogens is 412 g/mol. The van der Waals surface area contributed by atoms with Crippen LogP contribution >= 0.6 is 0 Å². The zero-order valence-electron chi connectivity index (χ0n) is 18.1. The van der Waals surface area contributed by atoms with E-state index in [4.69, 9.17) is 0 Å². The van der Waals surface area contributed by atoms with E-state index in [0.717, 1.165) is 24.1 Å². The number of hydrogen-bond donors (Lipinski definition) is 2. The monoisotopic (exact) mass is 440 g/mol. The maximum atomic E-state index is 13.0. The van der Waals surface area contributed by atoms with Crippen molar-refractivity contribution in [3.05, 3.63) is 77.1 Å². The second-order valence-corrected chi connectivity index (χ2v) is 9.19. The van der Waals surface area contributed by atoms with Gasteiger partial charge in [-0.15, -0.1) is 0 Å². The summed E-state index contributed by atoms with van der Waals surface area (Å²) in [6.07, 6.45) is 1.66. The van der Waals surface area contributed by atoms with Gasteiger partial charge < -0.3 is 5.32 Å². The van der Waals surface area contributed by atoms with E-state index in [-0.39, 0.29) is 10.8 Å². The van der Waals surface area contributed by atoms with Crippen LogP contribution in [0.5, 0.6) is 0 Å². The highest BCUT2D eigenvalue weighted by molar-refractivity contribution is 7.89. The molecule has 0 saturated carbocycles. The Kier molecular flexibility index (Phi) is 7.25. The van der Waals surface area contributed by atoms with E-state index in [1.807, 2.05) is 44.2 Å². The van der Waals surface area contributed by atoms with E-state index in [1.165, 1.54) is 12.1 Å². The van der Waals surface area contributed by atoms with E-state index < -0.39 is 10.0 Å². The molecule has 0 radical (unpaired) electrons. The Labute approximate surface area is 183 Å². The molecule has 3 aromatic rings. The molecule has 0 saturated heterocycles. The summed E-state index contributed by atoms with van der Waals surface area (Å²) in [6.45, 7) is 6.60. The van der Waals surface area contributed by atoms with Crippen LogP contribution in [-0.4, -0.2) is 30.7 Å². The third-order valence-corrected chi connectivity index (χ3v) is 6.47. The van der Waals surface area contributed by atoms with Gasteiger partial charge in [0, 0.05) is 17.9 Å². The lowest BCUT2D eigenvalue weighted by Crippen LogP contribution is -2.25. The molecule has 0 aliphatic heterocycles. The Bertz CT molecular complexity index is 1150. The first-order chi connectivity index (χ1) is 14.8. The van der Waals surface area contributed by atoms with Gasteiger partial charge in [0.1, 0.15) is 0 Å². The minimum atomic E-state index is -3.62. The highest BCUT2D eigenvalue weighted by Gasteiger charge is 2.20. The smallest absolute Gasteiger partial charge is 0.259 e. The molecule has 0 atom stereocenters. The van der Waals surface area contributed by atoms with Crippen molar-refractivity contribution in [3.8, 4) is 0 Å². The SMILES string of the molecule is CCCCNS(=O)(=O)c1cccc(NC(=O)c2c(C)nn(Cc3ccccc3)c2C)c1. The van der Waals surface area contributed by atoms with Crippen LogP contribution in [0.4, 0.5) is 5.69 Å². The molecule has 1 aromatic heterocycles. The van der Waals surface area contributed by atoms with Crippen molar-refractivity contribution in [3.63, 3.8) is 0 Å². The summed E-state index contributed by atoms with van der Waals surface area (Å²) >= 11 is 0. The van der Waals surface area contributed by atoms with Gasteiger partial charge in [0.25, 0.3) is 5.91 Å². The predicted octanol–water partition coefficient (Wildman–Crippen LogP) is 3.88. The van der Waals surface area contributed by atoms with Crippen molar-refractivity contribution in [1.29, 1.82) is 0 Å². The van der Waals surface area contributed by atoms with Crippen molar-refractivity contribution < 1.29 is 13.2 Å². The molecule has 31 heavy (non-hydrogen) atoms. The molecule has 0 unspecified atom stereocenters. The van der Waals surface area contributed by atoms with Crippen molar-refractivity contribution in [2.75, 3.05) is 11.9 Å². The Morgan fingerprint density at radius 1 is 1.06 bits per heavy atom. The van der Waals surface area contributed by atoms with Crippen molar-refractivity contribution in [2.24, 2.45) is 0 Å². The second-order valence-electron chi connectivity index (χ2n) is 7.42. The number of hydrogen-bond acceptors (Lipinski definition) is 4. The highest BCUT2D eigenvalue weighted by Crippen LogP contribution is 2.20. The topological polar surface area (TPSA) is 93.1 Å². The molecule has 1 amide bonds. The average Bonchev–Trinajstić information content (AvgIpc) is 3.02. The molecule has 1 heterocycles. The number of sulfonamides is 1. The molecule has 0 fully saturated rings. The van der Waals surface area contributed by atoms with Crippen LogP contribution in [-0.2, 0) is 16.6 Å². The van der Waals surface area contributed by atoms with Crippen molar-refractivity contribution in [1.82, 2.24) is 14.5 Å². The van der Waals surface area contributed by atoms with Gasteiger partial charge in [-0.3, -0.25) is 9.48 Å². The predicted molar refractivity (Wildman–Crippen MR) is 122 cm³/mol. The van der Waals surface area contributed by atoms with E-state index in [1.54, 1.807) is 23.7 Å². The second kappa shape index (κ2) is 9.89. The number of carbonyl (C=O) groups excluding carboxylic acids is 1. The van der Waals surface area contributed by atoms with Crippen LogP contribution in [0, 0.1) is 13.8 Å². The number of nitrogens with zero attached hydrogens (tertiary/aromatic N) is 2. The largest absolute Gasteiger partial charge is 0.322 e. The minimum Gasteiger partial charge on any atom is -0.322 e. The Hall–Kier alpha value is -2.97. The van der Waals surface area contributed by atoms with Gasteiger partial charge in [-0.05, 0) is 44.0 Å². The number of benzene rings is 2. The fourth-order valence-corrected chi connectivity index (χ4v) is 4.46. The van der Waals surface area contributed by atoms with E-state index in [2.05, 4.69) is 15.1 Å². The van der Waals surface area contributed by atoms with Crippen LogP contribution in [0.2, 0.25) is 0 Å². The molecule has 2 N–H and O–H groups in total. The molecular formula is C23H28N4O3S. The number of carbonyl (C=O) groups is 1. The third-order valence-electron chi connectivity index (χ3n) is 5.01. The zero-order valence-corrected chi connectivity index (χ0v) is 18.9. The number of rotatable bonds is 9. The molecule has 0 spiro atoms. The quantitative estimate of drug-likeness (QED) is 0.494. The summed E-state index contributed by atoms with van der Waals surface area (Å²) in [6, 6.07) is 16.2. The maximum Gasteiger partial charge on any atom is 0.259 e. The first-order valence-corrected chi connectivity index (χ1v) is 11.8. The Morgan fingerprint density at radius 3 is 2.52 bits per heavy atom. The lowest BCUT2D eigenvalue weighted by molar-refractivity contribution is 0.102. The summed E-state index contributed by atoms with van der Waals surface area (Å²) in [5, 5.41) is 7.33. The van der Waals surface area contributed by atoms with Crippen LogP contribution in [0.3, 0.4) is 0 Å². The Balaban J connectivity index is 1.78. The summed E-state index contributed by atoms with van der Waals surface area (Å²) < 4.78 is 29.3. The molecule has 8 heteroatoms.